The van der Waals surface area contributed by atoms with E-state index in [0.717, 1.165) is 16.9 Å². The van der Waals surface area contributed by atoms with Crippen molar-refractivity contribution in [2.24, 2.45) is 13.0 Å². The van der Waals surface area contributed by atoms with E-state index in [9.17, 15) is 13.2 Å². The van der Waals surface area contributed by atoms with Gasteiger partial charge in [-0.05, 0) is 44.7 Å². The molecule has 2 aromatic heterocycles. The molecule has 0 fully saturated rings. The third-order valence-corrected chi connectivity index (χ3v) is 7.97. The van der Waals surface area contributed by atoms with Gasteiger partial charge in [0.25, 0.3) is 10.0 Å². The van der Waals surface area contributed by atoms with Crippen molar-refractivity contribution in [3.8, 4) is 11.1 Å². The molecule has 0 aliphatic rings. The number of ketones is 1. The first-order valence-corrected chi connectivity index (χ1v) is 12.5. The van der Waals surface area contributed by atoms with E-state index in [4.69, 9.17) is 0 Å². The zero-order valence-corrected chi connectivity index (χ0v) is 20.4. The number of carbonyl (C=O) groups excluding carboxylic acids is 1. The Morgan fingerprint density at radius 1 is 1.19 bits per heavy atom. The summed E-state index contributed by atoms with van der Waals surface area (Å²) in [6, 6.07) is 9.00. The van der Waals surface area contributed by atoms with Crippen LogP contribution in [0.5, 0.6) is 0 Å². The highest BCUT2D eigenvalue weighted by atomic mass is 32.2. The van der Waals surface area contributed by atoms with Crippen LogP contribution in [0.4, 0.5) is 0 Å². The van der Waals surface area contributed by atoms with Gasteiger partial charge in [-0.2, -0.15) is 0 Å². The quantitative estimate of drug-likeness (QED) is 0.521. The molecule has 0 saturated heterocycles. The normalized spacial score (nSPS) is 12.5. The first kappa shape index (κ1) is 23.4. The molecule has 1 aromatic carbocycles. The average molecular weight is 460 g/mol. The maximum absolute atomic E-state index is 13.1. The third-order valence-electron chi connectivity index (χ3n) is 4.53. The summed E-state index contributed by atoms with van der Waals surface area (Å²) < 4.78 is 31.0. The Labute approximate surface area is 188 Å². The van der Waals surface area contributed by atoms with Crippen molar-refractivity contribution in [2.45, 2.75) is 50.8 Å². The lowest BCUT2D eigenvalue weighted by molar-refractivity contribution is 0.102. The van der Waals surface area contributed by atoms with Crippen LogP contribution in [0.3, 0.4) is 0 Å². The van der Waals surface area contributed by atoms with Crippen molar-refractivity contribution in [1.29, 1.82) is 0 Å². The maximum atomic E-state index is 13.1. The fourth-order valence-electron chi connectivity index (χ4n) is 3.29. The smallest absolute Gasteiger partial charge is 0.251 e. The molecule has 166 valence electrons. The first-order chi connectivity index (χ1) is 14.4. The largest absolute Gasteiger partial charge is 0.331 e. The van der Waals surface area contributed by atoms with Crippen LogP contribution in [0.15, 0.2) is 46.9 Å². The number of hydrogen-bond donors (Lipinski definition) is 1. The van der Waals surface area contributed by atoms with Crippen molar-refractivity contribution >= 4 is 27.1 Å². The van der Waals surface area contributed by atoms with E-state index in [1.165, 1.54) is 11.3 Å². The summed E-state index contributed by atoms with van der Waals surface area (Å²) >= 11 is 1.31. The number of benzene rings is 1. The highest BCUT2D eigenvalue weighted by molar-refractivity contribution is 7.91. The number of imidazole rings is 1. The minimum atomic E-state index is -3.69. The molecular formula is C23H29N3O3S2. The molecule has 0 atom stereocenters. The van der Waals surface area contributed by atoms with Gasteiger partial charge < -0.3 is 4.57 Å². The van der Waals surface area contributed by atoms with Crippen LogP contribution in [0.2, 0.25) is 0 Å². The van der Waals surface area contributed by atoms with E-state index in [-0.39, 0.29) is 5.78 Å². The Hall–Kier alpha value is -2.29. The molecule has 2 heterocycles. The van der Waals surface area contributed by atoms with E-state index in [2.05, 4.69) is 23.6 Å². The molecule has 0 radical (unpaired) electrons. The summed E-state index contributed by atoms with van der Waals surface area (Å²) in [5.41, 5.74) is 1.34. The van der Waals surface area contributed by atoms with Crippen LogP contribution in [-0.4, -0.2) is 29.3 Å². The monoisotopic (exact) mass is 459 g/mol. The van der Waals surface area contributed by atoms with Crippen molar-refractivity contribution in [3.63, 3.8) is 0 Å². The Morgan fingerprint density at radius 3 is 2.35 bits per heavy atom. The second-order valence-electron chi connectivity index (χ2n) is 9.14. The highest BCUT2D eigenvalue weighted by Crippen LogP contribution is 2.37. The number of hydrogen-bond acceptors (Lipinski definition) is 5. The van der Waals surface area contributed by atoms with Gasteiger partial charge in [-0.3, -0.25) is 4.79 Å². The lowest BCUT2D eigenvalue weighted by Gasteiger charge is -2.20. The summed E-state index contributed by atoms with van der Waals surface area (Å²) in [7, 11) is -1.92. The Morgan fingerprint density at radius 2 is 1.84 bits per heavy atom. The average Bonchev–Trinajstić information content (AvgIpc) is 3.25. The minimum Gasteiger partial charge on any atom is -0.331 e. The van der Waals surface area contributed by atoms with Gasteiger partial charge in [-0.1, -0.05) is 38.1 Å². The predicted octanol–water partition coefficient (Wildman–Crippen LogP) is 4.65. The minimum absolute atomic E-state index is 0.174. The summed E-state index contributed by atoms with van der Waals surface area (Å²) in [5.74, 6) is 0.600. The van der Waals surface area contributed by atoms with Crippen molar-refractivity contribution in [2.75, 3.05) is 0 Å². The molecule has 1 N–H and O–H groups in total. The van der Waals surface area contributed by atoms with Gasteiger partial charge in [0, 0.05) is 41.0 Å². The number of nitrogens with one attached hydrogen (secondary N) is 1. The van der Waals surface area contributed by atoms with Gasteiger partial charge in [-0.25, -0.2) is 18.1 Å². The first-order valence-electron chi connectivity index (χ1n) is 10.2. The number of nitrogens with zero attached hydrogens (tertiary/aromatic N) is 2. The number of aryl methyl sites for hydroxylation is 1. The van der Waals surface area contributed by atoms with E-state index in [1.54, 1.807) is 48.3 Å². The molecule has 0 saturated carbocycles. The van der Waals surface area contributed by atoms with Crippen molar-refractivity contribution in [3.05, 3.63) is 59.0 Å². The number of thiophene rings is 1. The Balaban J connectivity index is 2.02. The molecule has 0 aliphatic heterocycles. The van der Waals surface area contributed by atoms with Crippen molar-refractivity contribution < 1.29 is 13.2 Å². The van der Waals surface area contributed by atoms with Gasteiger partial charge in [0.05, 0.1) is 0 Å². The SMILES string of the molecule is CC(C)Cc1cc(-c2ccc(C(=O)c3nccn3C)cc2)c(S(=O)(=O)NC(C)(C)C)s1. The van der Waals surface area contributed by atoms with Crippen LogP contribution in [0.25, 0.3) is 11.1 Å². The molecule has 0 bridgehead atoms. The van der Waals surface area contributed by atoms with Gasteiger partial charge in [-0.15, -0.1) is 11.3 Å². The molecule has 0 amide bonds. The number of rotatable bonds is 7. The molecule has 6 nitrogen and oxygen atoms in total. The molecule has 8 heteroatoms. The fraction of sp³-hybridized carbons (Fsp3) is 0.391. The van der Waals surface area contributed by atoms with Crippen LogP contribution in [0.1, 0.15) is 55.7 Å². The summed E-state index contributed by atoms with van der Waals surface area (Å²) in [6.45, 7) is 9.69. The zero-order chi connectivity index (χ0) is 23.0. The van der Waals surface area contributed by atoms with Crippen LogP contribution >= 0.6 is 11.3 Å². The molecule has 31 heavy (non-hydrogen) atoms. The molecule has 3 aromatic rings. The van der Waals surface area contributed by atoms with Crippen molar-refractivity contribution in [1.82, 2.24) is 14.3 Å². The van der Waals surface area contributed by atoms with Gasteiger partial charge in [0.1, 0.15) is 4.21 Å². The maximum Gasteiger partial charge on any atom is 0.251 e. The molecular weight excluding hydrogens is 430 g/mol. The third kappa shape index (κ3) is 5.50. The zero-order valence-electron chi connectivity index (χ0n) is 18.8. The number of sulfonamides is 1. The Bertz CT molecular complexity index is 1180. The fourth-order valence-corrected chi connectivity index (χ4v) is 6.66. The van der Waals surface area contributed by atoms with Gasteiger partial charge >= 0.3 is 0 Å². The number of aromatic nitrogens is 2. The summed E-state index contributed by atoms with van der Waals surface area (Å²) in [6.07, 6.45) is 4.11. The second-order valence-corrected chi connectivity index (χ2v) is 12.1. The van der Waals surface area contributed by atoms with E-state index in [0.29, 0.717) is 27.1 Å². The second kappa shape index (κ2) is 8.68. The van der Waals surface area contributed by atoms with Gasteiger partial charge in [0.2, 0.25) is 5.78 Å². The molecule has 0 aliphatic carbocycles. The van der Waals surface area contributed by atoms with Crippen LogP contribution in [-0.2, 0) is 23.5 Å². The summed E-state index contributed by atoms with van der Waals surface area (Å²) in [4.78, 5) is 17.8. The summed E-state index contributed by atoms with van der Waals surface area (Å²) in [5, 5.41) is 0. The molecule has 3 rings (SSSR count). The van der Waals surface area contributed by atoms with Crippen LogP contribution < -0.4 is 4.72 Å². The van der Waals surface area contributed by atoms with E-state index in [1.807, 2.05) is 26.8 Å². The molecule has 0 unspecified atom stereocenters. The highest BCUT2D eigenvalue weighted by Gasteiger charge is 2.28. The number of carbonyl (C=O) groups is 1. The van der Waals surface area contributed by atoms with Gasteiger partial charge in [0.15, 0.2) is 5.82 Å². The lowest BCUT2D eigenvalue weighted by Crippen LogP contribution is -2.40. The van der Waals surface area contributed by atoms with Crippen LogP contribution in [0, 0.1) is 5.92 Å². The van der Waals surface area contributed by atoms with E-state index >= 15 is 0 Å². The predicted molar refractivity (Wildman–Crippen MR) is 125 cm³/mol. The topological polar surface area (TPSA) is 81.1 Å². The standard InChI is InChI=1S/C23H29N3O3S2/c1-15(2)13-18-14-19(22(30-18)31(28,29)25-23(3,4)5)16-7-9-17(10-8-16)20(27)21-24-11-12-26(21)6/h7-12,14-15,25H,13H2,1-6H3. The lowest BCUT2D eigenvalue weighted by atomic mass is 10.0. The molecule has 0 spiro atoms. The Kier molecular flexibility index (Phi) is 6.55. The van der Waals surface area contributed by atoms with E-state index < -0.39 is 15.6 Å².